The number of nitrogens with one attached hydrogen (secondary N) is 2. The van der Waals surface area contributed by atoms with Crippen molar-refractivity contribution >= 4 is 27.6 Å². The molecule has 3 rings (SSSR count). The summed E-state index contributed by atoms with van der Waals surface area (Å²) in [6, 6.07) is 13.1. The molecule has 0 unspecified atom stereocenters. The summed E-state index contributed by atoms with van der Waals surface area (Å²) in [6.07, 6.45) is 0.896. The van der Waals surface area contributed by atoms with Crippen LogP contribution in [0.25, 0.3) is 0 Å². The van der Waals surface area contributed by atoms with Gasteiger partial charge in [0.25, 0.3) is 0 Å². The number of carbonyl (C=O) groups is 2. The molecular weight excluding hydrogens is 533 g/mol. The molecule has 0 aliphatic carbocycles. The first-order valence-electron chi connectivity index (χ1n) is 11.0. The van der Waals surface area contributed by atoms with Crippen molar-refractivity contribution in [3.05, 3.63) is 71.8 Å². The molecule has 2 atom stereocenters. The summed E-state index contributed by atoms with van der Waals surface area (Å²) in [5.41, 5.74) is -5.10. The Morgan fingerprint density at radius 3 is 2.16 bits per heavy atom. The topological polar surface area (TPSA) is 162 Å². The first kappa shape index (κ1) is 30.6. The highest BCUT2D eigenvalue weighted by molar-refractivity contribution is 7.93. The maximum atomic E-state index is 12.6. The van der Waals surface area contributed by atoms with Crippen molar-refractivity contribution < 1.29 is 51.2 Å². The van der Waals surface area contributed by atoms with Gasteiger partial charge in [-0.1, -0.05) is 36.4 Å². The van der Waals surface area contributed by atoms with Crippen LogP contribution in [0.2, 0.25) is 0 Å². The SMILES string of the molecule is CC1(C)Oc2cc(NS(=O)(=O)C(F)(F)F)ccc2[C@H](NCCc2ccccc2)[C@H]1O.O=C(O)/C=C\C(=O)O. The molecule has 0 amide bonds. The van der Waals surface area contributed by atoms with Crippen LogP contribution in [0.4, 0.5) is 18.9 Å². The van der Waals surface area contributed by atoms with Crippen LogP contribution in [0.5, 0.6) is 5.75 Å². The van der Waals surface area contributed by atoms with E-state index in [2.05, 4.69) is 5.32 Å². The quantitative estimate of drug-likeness (QED) is 0.306. The third kappa shape index (κ3) is 8.46. The number of aliphatic carboxylic acids is 2. The number of sulfonamides is 1. The smallest absolute Gasteiger partial charge is 0.485 e. The second-order valence-electron chi connectivity index (χ2n) is 8.63. The lowest BCUT2D eigenvalue weighted by Crippen LogP contribution is -2.52. The Morgan fingerprint density at radius 1 is 1.05 bits per heavy atom. The van der Waals surface area contributed by atoms with Gasteiger partial charge in [0.05, 0.1) is 11.7 Å². The number of carboxylic acids is 2. The molecule has 14 heteroatoms. The fourth-order valence-corrected chi connectivity index (χ4v) is 4.01. The molecule has 0 saturated carbocycles. The minimum Gasteiger partial charge on any atom is -0.485 e. The summed E-state index contributed by atoms with van der Waals surface area (Å²) in [4.78, 5) is 19.1. The van der Waals surface area contributed by atoms with E-state index in [0.29, 0.717) is 30.7 Å². The van der Waals surface area contributed by atoms with Crippen LogP contribution < -0.4 is 14.8 Å². The number of ether oxygens (including phenoxy) is 1. The second kappa shape index (κ2) is 12.3. The van der Waals surface area contributed by atoms with E-state index in [-0.39, 0.29) is 11.4 Å². The number of anilines is 1. The first-order valence-corrected chi connectivity index (χ1v) is 12.5. The molecular formula is C24H27F3N2O8S. The molecule has 0 bridgehead atoms. The minimum absolute atomic E-state index is 0.199. The molecule has 0 saturated heterocycles. The molecule has 0 aromatic heterocycles. The number of carboxylic acid groups (broad SMARTS) is 2. The minimum atomic E-state index is -5.55. The van der Waals surface area contributed by atoms with Gasteiger partial charge in [0.1, 0.15) is 17.5 Å². The molecule has 5 N–H and O–H groups in total. The van der Waals surface area contributed by atoms with Crippen molar-refractivity contribution in [2.75, 3.05) is 11.3 Å². The molecule has 208 valence electrons. The summed E-state index contributed by atoms with van der Waals surface area (Å²) >= 11 is 0. The van der Waals surface area contributed by atoms with Crippen molar-refractivity contribution in [2.24, 2.45) is 0 Å². The third-order valence-corrected chi connectivity index (χ3v) is 6.41. The zero-order chi connectivity index (χ0) is 28.7. The lowest BCUT2D eigenvalue weighted by molar-refractivity contribution is -0.134. The fraction of sp³-hybridized carbons (Fsp3) is 0.333. The van der Waals surface area contributed by atoms with E-state index in [9.17, 15) is 36.3 Å². The van der Waals surface area contributed by atoms with Gasteiger partial charge in [-0.3, -0.25) is 4.72 Å². The number of alkyl halides is 3. The number of halogens is 3. The van der Waals surface area contributed by atoms with E-state index < -0.39 is 45.2 Å². The van der Waals surface area contributed by atoms with Gasteiger partial charge in [0.15, 0.2) is 0 Å². The maximum Gasteiger partial charge on any atom is 0.516 e. The van der Waals surface area contributed by atoms with Gasteiger partial charge >= 0.3 is 27.5 Å². The van der Waals surface area contributed by atoms with Crippen LogP contribution in [0.15, 0.2) is 60.7 Å². The molecule has 2 aromatic rings. The predicted octanol–water partition coefficient (Wildman–Crippen LogP) is 3.07. The summed E-state index contributed by atoms with van der Waals surface area (Å²) in [7, 11) is -5.55. The van der Waals surface area contributed by atoms with Crippen LogP contribution in [0, 0.1) is 0 Å². The Labute approximate surface area is 216 Å². The van der Waals surface area contributed by atoms with Crippen molar-refractivity contribution in [1.82, 2.24) is 5.32 Å². The second-order valence-corrected chi connectivity index (χ2v) is 10.3. The molecule has 1 aliphatic rings. The van der Waals surface area contributed by atoms with E-state index in [1.807, 2.05) is 30.3 Å². The Kier molecular flexibility index (Phi) is 9.89. The molecule has 1 heterocycles. The monoisotopic (exact) mass is 560 g/mol. The lowest BCUT2D eigenvalue weighted by Gasteiger charge is -2.42. The summed E-state index contributed by atoms with van der Waals surface area (Å²) in [6.45, 7) is 3.85. The Bertz CT molecular complexity index is 1250. The zero-order valence-corrected chi connectivity index (χ0v) is 21.1. The van der Waals surface area contributed by atoms with Gasteiger partial charge in [-0.25, -0.2) is 9.59 Å². The Hall–Kier alpha value is -3.62. The number of aliphatic hydroxyl groups excluding tert-OH is 1. The van der Waals surface area contributed by atoms with E-state index >= 15 is 0 Å². The third-order valence-electron chi connectivity index (χ3n) is 5.30. The average Bonchev–Trinajstić information content (AvgIpc) is 2.80. The predicted molar refractivity (Wildman–Crippen MR) is 131 cm³/mol. The summed E-state index contributed by atoms with van der Waals surface area (Å²) in [5.74, 6) is -2.32. The highest BCUT2D eigenvalue weighted by atomic mass is 32.2. The highest BCUT2D eigenvalue weighted by Crippen LogP contribution is 2.41. The number of fused-ring (bicyclic) bond motifs is 1. The van der Waals surface area contributed by atoms with Crippen molar-refractivity contribution in [3.8, 4) is 5.75 Å². The van der Waals surface area contributed by atoms with Crippen molar-refractivity contribution in [1.29, 1.82) is 0 Å². The highest BCUT2D eigenvalue weighted by Gasteiger charge is 2.47. The lowest BCUT2D eigenvalue weighted by atomic mass is 9.86. The summed E-state index contributed by atoms with van der Waals surface area (Å²) < 4.78 is 68.0. The van der Waals surface area contributed by atoms with Crippen LogP contribution in [0.1, 0.15) is 31.0 Å². The zero-order valence-electron chi connectivity index (χ0n) is 20.3. The van der Waals surface area contributed by atoms with Gasteiger partial charge < -0.3 is 25.4 Å². The molecule has 0 fully saturated rings. The average molecular weight is 561 g/mol. The van der Waals surface area contributed by atoms with Crippen LogP contribution >= 0.6 is 0 Å². The largest absolute Gasteiger partial charge is 0.516 e. The van der Waals surface area contributed by atoms with E-state index in [4.69, 9.17) is 14.9 Å². The molecule has 0 spiro atoms. The van der Waals surface area contributed by atoms with Gasteiger partial charge in [-0.2, -0.15) is 21.6 Å². The number of rotatable bonds is 8. The van der Waals surface area contributed by atoms with Crippen molar-refractivity contribution in [3.63, 3.8) is 0 Å². The number of benzene rings is 2. The van der Waals surface area contributed by atoms with Crippen LogP contribution in [-0.4, -0.2) is 59.4 Å². The van der Waals surface area contributed by atoms with Crippen LogP contribution in [-0.2, 0) is 26.0 Å². The van der Waals surface area contributed by atoms with Gasteiger partial charge in [0.2, 0.25) is 0 Å². The fourth-order valence-electron chi connectivity index (χ4n) is 3.45. The van der Waals surface area contributed by atoms with E-state index in [1.54, 1.807) is 13.8 Å². The van der Waals surface area contributed by atoms with Gasteiger partial charge in [-0.05, 0) is 38.4 Å². The van der Waals surface area contributed by atoms with Gasteiger partial charge in [0, 0.05) is 23.8 Å². The van der Waals surface area contributed by atoms with Crippen molar-refractivity contribution in [2.45, 2.75) is 43.5 Å². The Balaban J connectivity index is 0.000000550. The van der Waals surface area contributed by atoms with E-state index in [0.717, 1.165) is 5.56 Å². The van der Waals surface area contributed by atoms with Crippen LogP contribution in [0.3, 0.4) is 0 Å². The molecule has 38 heavy (non-hydrogen) atoms. The summed E-state index contributed by atoms with van der Waals surface area (Å²) in [5, 5.41) is 29.7. The number of aliphatic hydroxyl groups is 1. The van der Waals surface area contributed by atoms with Gasteiger partial charge in [-0.15, -0.1) is 0 Å². The Morgan fingerprint density at radius 2 is 1.63 bits per heavy atom. The molecule has 2 aromatic carbocycles. The molecule has 10 nitrogen and oxygen atoms in total. The molecule has 0 radical (unpaired) electrons. The number of hydrogen-bond donors (Lipinski definition) is 5. The standard InChI is InChI=1S/C20H23F3N2O4S.C4H4O4/c1-19(2)18(26)17(24-11-10-13-6-4-3-5-7-13)15-9-8-14(12-16(15)29-19)25-30(27,28)20(21,22)23;5-3(6)1-2-4(7)8/h3-9,12,17-18,24-26H,10-11H2,1-2H3;1-2H,(H,5,6)(H,7,8)/b;2-1-/t17-,18+;/m0./s1. The molecule has 1 aliphatic heterocycles. The van der Waals surface area contributed by atoms with E-state index in [1.165, 1.54) is 22.9 Å². The normalized spacial score (nSPS) is 18.5. The maximum absolute atomic E-state index is 12.6. The number of hydrogen-bond acceptors (Lipinski definition) is 7. The first-order chi connectivity index (χ1) is 17.5.